The largest absolute Gasteiger partial charge is 0.488 e. The van der Waals surface area contributed by atoms with Crippen molar-refractivity contribution in [2.24, 2.45) is 5.92 Å². The average Bonchev–Trinajstić information content (AvgIpc) is 3.47. The summed E-state index contributed by atoms with van der Waals surface area (Å²) in [5.41, 5.74) is 0.135. The summed E-state index contributed by atoms with van der Waals surface area (Å²) in [6.45, 7) is 1.47. The molecule has 5 rings (SSSR count). The number of alkyl halides is 6. The highest BCUT2D eigenvalue weighted by atomic mass is 35.5. The molecular weight excluding hydrogens is 626 g/mol. The van der Waals surface area contributed by atoms with Gasteiger partial charge in [-0.2, -0.15) is 31.4 Å². The summed E-state index contributed by atoms with van der Waals surface area (Å²) in [5.74, 6) is -2.33. The van der Waals surface area contributed by atoms with Crippen LogP contribution in [-0.4, -0.2) is 38.5 Å². The second-order valence-corrected chi connectivity index (χ2v) is 11.0. The molecule has 0 radical (unpaired) electrons. The van der Waals surface area contributed by atoms with Crippen molar-refractivity contribution in [3.63, 3.8) is 0 Å². The Labute approximate surface area is 259 Å². The fourth-order valence-electron chi connectivity index (χ4n) is 5.37. The molecular formula is C31H27ClF6N4O3. The van der Waals surface area contributed by atoms with E-state index < -0.39 is 35.5 Å². The van der Waals surface area contributed by atoms with Gasteiger partial charge in [0.15, 0.2) is 11.5 Å². The van der Waals surface area contributed by atoms with Gasteiger partial charge >= 0.3 is 18.3 Å². The summed E-state index contributed by atoms with van der Waals surface area (Å²) >= 11 is 6.23. The monoisotopic (exact) mass is 652 g/mol. The molecule has 0 aliphatic heterocycles. The summed E-state index contributed by atoms with van der Waals surface area (Å²) in [6.07, 6.45) is -4.77. The normalized spacial score (nSPS) is 17.2. The maximum Gasteiger partial charge on any atom is 0.434 e. The molecule has 0 unspecified atom stereocenters. The van der Waals surface area contributed by atoms with Gasteiger partial charge in [0.2, 0.25) is 0 Å². The van der Waals surface area contributed by atoms with Crippen molar-refractivity contribution >= 4 is 17.6 Å². The molecule has 238 valence electrons. The molecule has 0 amide bonds. The van der Waals surface area contributed by atoms with Gasteiger partial charge in [0, 0.05) is 10.6 Å². The first-order chi connectivity index (χ1) is 21.3. The molecule has 1 fully saturated rings. The Morgan fingerprint density at radius 1 is 0.978 bits per heavy atom. The van der Waals surface area contributed by atoms with Crippen molar-refractivity contribution in [3.05, 3.63) is 88.5 Å². The van der Waals surface area contributed by atoms with Crippen molar-refractivity contribution in [2.45, 2.75) is 57.5 Å². The van der Waals surface area contributed by atoms with E-state index in [-0.39, 0.29) is 43.5 Å². The fraction of sp³-hybridized carbons (Fsp3) is 0.355. The first-order valence-corrected chi connectivity index (χ1v) is 14.5. The van der Waals surface area contributed by atoms with Crippen LogP contribution in [0.15, 0.2) is 61.1 Å². The molecule has 2 aromatic heterocycles. The lowest BCUT2D eigenvalue weighted by Gasteiger charge is -2.30. The minimum atomic E-state index is -4.96. The van der Waals surface area contributed by atoms with Gasteiger partial charge in [-0.25, -0.2) is 14.5 Å². The third kappa shape index (κ3) is 7.41. The van der Waals surface area contributed by atoms with Crippen molar-refractivity contribution in [1.82, 2.24) is 19.7 Å². The van der Waals surface area contributed by atoms with E-state index in [1.54, 1.807) is 12.1 Å². The van der Waals surface area contributed by atoms with E-state index in [4.69, 9.17) is 21.1 Å². The predicted molar refractivity (Wildman–Crippen MR) is 152 cm³/mol. The second kappa shape index (κ2) is 13.1. The number of benzene rings is 2. The molecule has 2 aromatic carbocycles. The molecule has 0 atom stereocenters. The van der Waals surface area contributed by atoms with Crippen molar-refractivity contribution < 1.29 is 40.6 Å². The zero-order valence-corrected chi connectivity index (χ0v) is 24.6. The van der Waals surface area contributed by atoms with Crippen LogP contribution in [0.4, 0.5) is 26.3 Å². The molecule has 0 N–H and O–H groups in total. The van der Waals surface area contributed by atoms with Crippen molar-refractivity contribution in [1.29, 1.82) is 0 Å². The first kappa shape index (κ1) is 32.3. The minimum absolute atomic E-state index is 0.0632. The molecule has 4 aromatic rings. The maximum atomic E-state index is 14.0. The molecule has 2 heterocycles. The number of carbonyl (C=O) groups excluding carboxylic acids is 1. The molecule has 14 heteroatoms. The SMILES string of the molecule is CCOC(=O)c1cnn(-c2cncc(-c3cc(Cl)ccc3OCc3ccc(C4CCC(C(F)(F)F)CC4)cc3)n2)c1C(F)(F)F. The van der Waals surface area contributed by atoms with Crippen LogP contribution < -0.4 is 4.74 Å². The lowest BCUT2D eigenvalue weighted by atomic mass is 9.78. The van der Waals surface area contributed by atoms with Crippen LogP contribution in [0.5, 0.6) is 5.75 Å². The first-order valence-electron chi connectivity index (χ1n) is 14.1. The number of ether oxygens (including phenoxy) is 2. The van der Waals surface area contributed by atoms with Gasteiger partial charge in [-0.05, 0) is 67.9 Å². The molecule has 1 saturated carbocycles. The number of nitrogens with zero attached hydrogens (tertiary/aromatic N) is 4. The lowest BCUT2D eigenvalue weighted by Crippen LogP contribution is -2.27. The number of halogens is 7. The van der Waals surface area contributed by atoms with Gasteiger partial charge in [0.05, 0.1) is 36.8 Å². The van der Waals surface area contributed by atoms with Gasteiger partial charge < -0.3 is 9.47 Å². The van der Waals surface area contributed by atoms with Crippen LogP contribution in [0, 0.1) is 5.92 Å². The van der Waals surface area contributed by atoms with E-state index in [0.717, 1.165) is 23.5 Å². The Morgan fingerprint density at radius 3 is 2.33 bits per heavy atom. The van der Waals surface area contributed by atoms with Crippen molar-refractivity contribution in [2.75, 3.05) is 6.61 Å². The molecule has 45 heavy (non-hydrogen) atoms. The molecule has 1 aliphatic carbocycles. The van der Waals surface area contributed by atoms with Gasteiger partial charge in [-0.3, -0.25) is 4.98 Å². The standard InChI is InChI=1S/C31H27ClF6N4O3/c1-2-44-29(43)24-14-40-42(28(24)31(36,37)38)27-16-39-15-25(41-27)23-13-22(32)11-12-26(23)45-17-18-3-5-19(6-4-18)20-7-9-21(10-8-20)30(33,34)35/h3-6,11-16,20-21H,2,7-10,17H2,1H3. The second-order valence-electron chi connectivity index (χ2n) is 10.6. The zero-order chi connectivity index (χ0) is 32.4. The fourth-order valence-corrected chi connectivity index (χ4v) is 5.54. The minimum Gasteiger partial charge on any atom is -0.488 e. The number of esters is 1. The van der Waals surface area contributed by atoms with Crippen molar-refractivity contribution in [3.8, 4) is 22.8 Å². The highest BCUT2D eigenvalue weighted by Gasteiger charge is 2.42. The number of hydrogen-bond donors (Lipinski definition) is 0. The van der Waals surface area contributed by atoms with Crippen LogP contribution in [0.3, 0.4) is 0 Å². The quantitative estimate of drug-likeness (QED) is 0.140. The third-order valence-electron chi connectivity index (χ3n) is 7.63. The number of carbonyl (C=O) groups is 1. The summed E-state index contributed by atoms with van der Waals surface area (Å²) in [5, 5.41) is 4.06. The van der Waals surface area contributed by atoms with E-state index in [1.165, 1.54) is 19.2 Å². The topological polar surface area (TPSA) is 79.1 Å². The summed E-state index contributed by atoms with van der Waals surface area (Å²) in [6, 6.07) is 12.2. The van der Waals surface area contributed by atoms with Gasteiger partial charge in [-0.1, -0.05) is 35.9 Å². The van der Waals surface area contributed by atoms with Crippen LogP contribution in [0.2, 0.25) is 5.02 Å². The maximum absolute atomic E-state index is 14.0. The van der Waals surface area contributed by atoms with Crippen LogP contribution in [-0.2, 0) is 17.5 Å². The Balaban J connectivity index is 1.35. The molecule has 0 spiro atoms. The van der Waals surface area contributed by atoms with Crippen LogP contribution in [0.1, 0.15) is 65.7 Å². The predicted octanol–water partition coefficient (Wildman–Crippen LogP) is 8.59. The zero-order valence-electron chi connectivity index (χ0n) is 23.8. The highest BCUT2D eigenvalue weighted by Crippen LogP contribution is 2.43. The Kier molecular flexibility index (Phi) is 9.38. The summed E-state index contributed by atoms with van der Waals surface area (Å²) in [4.78, 5) is 20.5. The Morgan fingerprint density at radius 2 is 1.69 bits per heavy atom. The van der Waals surface area contributed by atoms with E-state index >= 15 is 0 Å². The number of hydrogen-bond acceptors (Lipinski definition) is 6. The Bertz CT molecular complexity index is 1650. The van der Waals surface area contributed by atoms with Gasteiger partial charge in [0.1, 0.15) is 17.9 Å². The van der Waals surface area contributed by atoms with Crippen LogP contribution >= 0.6 is 11.6 Å². The average molecular weight is 653 g/mol. The smallest absolute Gasteiger partial charge is 0.434 e. The highest BCUT2D eigenvalue weighted by molar-refractivity contribution is 6.31. The Hall–Kier alpha value is -4.13. The van der Waals surface area contributed by atoms with E-state index in [2.05, 4.69) is 15.1 Å². The van der Waals surface area contributed by atoms with Crippen LogP contribution in [0.25, 0.3) is 17.1 Å². The molecule has 7 nitrogen and oxygen atoms in total. The summed E-state index contributed by atoms with van der Waals surface area (Å²) < 4.78 is 92.4. The van der Waals surface area contributed by atoms with Gasteiger partial charge in [0.25, 0.3) is 0 Å². The third-order valence-corrected chi connectivity index (χ3v) is 7.86. The molecule has 0 bridgehead atoms. The molecule has 1 aliphatic rings. The van der Waals surface area contributed by atoms with E-state index in [0.29, 0.717) is 33.9 Å². The van der Waals surface area contributed by atoms with Gasteiger partial charge in [-0.15, -0.1) is 0 Å². The lowest BCUT2D eigenvalue weighted by molar-refractivity contribution is -0.182. The number of aromatic nitrogens is 4. The number of rotatable bonds is 8. The summed E-state index contributed by atoms with van der Waals surface area (Å²) in [7, 11) is 0. The van der Waals surface area contributed by atoms with E-state index in [9.17, 15) is 31.1 Å². The molecule has 0 saturated heterocycles. The van der Waals surface area contributed by atoms with E-state index in [1.807, 2.05) is 24.3 Å².